The van der Waals surface area contributed by atoms with Crippen LogP contribution in [0.25, 0.3) is 11.1 Å². The molecule has 0 spiro atoms. The van der Waals surface area contributed by atoms with Gasteiger partial charge in [-0.2, -0.15) is 0 Å². The molecule has 0 unspecified atom stereocenters. The van der Waals surface area contributed by atoms with Gasteiger partial charge in [-0.1, -0.05) is 84.0 Å². The molecule has 2 aromatic rings. The van der Waals surface area contributed by atoms with E-state index < -0.39 is 0 Å². The van der Waals surface area contributed by atoms with E-state index in [0.717, 1.165) is 0 Å². The predicted molar refractivity (Wildman–Crippen MR) is 94.1 cm³/mol. The van der Waals surface area contributed by atoms with Crippen LogP contribution < -0.4 is 0 Å². The zero-order valence-electron chi connectivity index (χ0n) is 14.3. The molecular formula is C21H28. The molecule has 0 atom stereocenters. The van der Waals surface area contributed by atoms with Crippen molar-refractivity contribution in [3.8, 4) is 11.1 Å². The molecule has 0 bridgehead atoms. The quantitative estimate of drug-likeness (QED) is 0.583. The van der Waals surface area contributed by atoms with E-state index in [0.29, 0.717) is 17.8 Å². The maximum Gasteiger partial charge on any atom is -0.0149 e. The lowest BCUT2D eigenvalue weighted by molar-refractivity contribution is 0.835. The highest BCUT2D eigenvalue weighted by Crippen LogP contribution is 2.33. The van der Waals surface area contributed by atoms with Crippen molar-refractivity contribution in [3.63, 3.8) is 0 Å². The number of hydrogen-bond acceptors (Lipinski definition) is 0. The summed E-state index contributed by atoms with van der Waals surface area (Å²) in [6.45, 7) is 13.6. The van der Waals surface area contributed by atoms with Crippen LogP contribution in [0.2, 0.25) is 0 Å². The fourth-order valence-corrected chi connectivity index (χ4v) is 2.75. The van der Waals surface area contributed by atoms with Crippen molar-refractivity contribution in [2.24, 2.45) is 0 Å². The second-order valence-corrected chi connectivity index (χ2v) is 6.94. The Kier molecular flexibility index (Phi) is 4.88. The first-order valence-electron chi connectivity index (χ1n) is 8.14. The van der Waals surface area contributed by atoms with Gasteiger partial charge in [-0.15, -0.1) is 0 Å². The van der Waals surface area contributed by atoms with Gasteiger partial charge < -0.3 is 0 Å². The Hall–Kier alpha value is -1.56. The van der Waals surface area contributed by atoms with Gasteiger partial charge in [0.25, 0.3) is 0 Å². The summed E-state index contributed by atoms with van der Waals surface area (Å²) in [5.41, 5.74) is 7.04. The predicted octanol–water partition coefficient (Wildman–Crippen LogP) is 6.72. The lowest BCUT2D eigenvalue weighted by atomic mass is 9.87. The summed E-state index contributed by atoms with van der Waals surface area (Å²) in [6, 6.07) is 16.0. The van der Waals surface area contributed by atoms with E-state index >= 15 is 0 Å². The van der Waals surface area contributed by atoms with Crippen molar-refractivity contribution in [2.45, 2.75) is 59.3 Å². The number of rotatable bonds is 4. The highest BCUT2D eigenvalue weighted by atomic mass is 14.2. The Morgan fingerprint density at radius 2 is 1.24 bits per heavy atom. The third-order valence-electron chi connectivity index (χ3n) is 4.23. The molecule has 2 rings (SSSR count). The Balaban J connectivity index is 2.55. The van der Waals surface area contributed by atoms with E-state index in [-0.39, 0.29) is 0 Å². The highest BCUT2D eigenvalue weighted by molar-refractivity contribution is 5.69. The number of hydrogen-bond donors (Lipinski definition) is 0. The molecule has 0 aliphatic heterocycles. The third-order valence-corrected chi connectivity index (χ3v) is 4.23. The summed E-state index contributed by atoms with van der Waals surface area (Å²) in [6.07, 6.45) is 0. The average Bonchev–Trinajstić information content (AvgIpc) is 2.46. The Morgan fingerprint density at radius 1 is 0.619 bits per heavy atom. The van der Waals surface area contributed by atoms with E-state index in [1.807, 2.05) is 0 Å². The van der Waals surface area contributed by atoms with Crippen LogP contribution in [0.15, 0.2) is 42.5 Å². The van der Waals surface area contributed by atoms with E-state index in [1.54, 1.807) is 0 Å². The maximum atomic E-state index is 2.40. The minimum atomic E-state index is 0.543. The van der Waals surface area contributed by atoms with Gasteiger partial charge in [0.15, 0.2) is 0 Å². The third kappa shape index (κ3) is 3.56. The SMILES string of the molecule is CC(C)c1cccc(-c2ccc(C(C)C)cc2C(C)C)c1. The van der Waals surface area contributed by atoms with Gasteiger partial charge in [-0.25, -0.2) is 0 Å². The van der Waals surface area contributed by atoms with Gasteiger partial charge in [0.1, 0.15) is 0 Å². The lowest BCUT2D eigenvalue weighted by Crippen LogP contribution is -1.97. The van der Waals surface area contributed by atoms with Crippen LogP contribution in [0.3, 0.4) is 0 Å². The first kappa shape index (κ1) is 15.8. The van der Waals surface area contributed by atoms with Crippen LogP contribution in [0.4, 0.5) is 0 Å². The molecule has 0 aliphatic carbocycles. The minimum Gasteiger partial charge on any atom is -0.0614 e. The van der Waals surface area contributed by atoms with Gasteiger partial charge in [0, 0.05) is 0 Å². The van der Waals surface area contributed by atoms with Crippen molar-refractivity contribution >= 4 is 0 Å². The van der Waals surface area contributed by atoms with Crippen LogP contribution in [-0.2, 0) is 0 Å². The second-order valence-electron chi connectivity index (χ2n) is 6.94. The first-order chi connectivity index (χ1) is 9.90. The molecule has 0 heteroatoms. The molecule has 0 amide bonds. The summed E-state index contributed by atoms with van der Waals surface area (Å²) < 4.78 is 0. The lowest BCUT2D eigenvalue weighted by Gasteiger charge is -2.17. The van der Waals surface area contributed by atoms with E-state index in [1.165, 1.54) is 27.8 Å². The van der Waals surface area contributed by atoms with E-state index in [4.69, 9.17) is 0 Å². The number of benzene rings is 2. The Morgan fingerprint density at radius 3 is 1.81 bits per heavy atom. The van der Waals surface area contributed by atoms with Gasteiger partial charge >= 0.3 is 0 Å². The zero-order valence-corrected chi connectivity index (χ0v) is 14.3. The molecular weight excluding hydrogens is 252 g/mol. The fourth-order valence-electron chi connectivity index (χ4n) is 2.75. The summed E-state index contributed by atoms with van der Waals surface area (Å²) in [7, 11) is 0. The molecule has 0 N–H and O–H groups in total. The molecule has 0 radical (unpaired) electrons. The Bertz CT molecular complexity index is 603. The van der Waals surface area contributed by atoms with Gasteiger partial charge in [-0.3, -0.25) is 0 Å². The molecule has 0 aliphatic rings. The normalized spacial score (nSPS) is 11.7. The topological polar surface area (TPSA) is 0 Å². The molecule has 0 saturated carbocycles. The van der Waals surface area contributed by atoms with Crippen LogP contribution in [0, 0.1) is 0 Å². The van der Waals surface area contributed by atoms with Crippen molar-refractivity contribution in [3.05, 3.63) is 59.2 Å². The minimum absolute atomic E-state index is 0.543. The Labute approximate surface area is 130 Å². The van der Waals surface area contributed by atoms with Crippen LogP contribution in [0.1, 0.15) is 76.0 Å². The van der Waals surface area contributed by atoms with Crippen molar-refractivity contribution < 1.29 is 0 Å². The highest BCUT2D eigenvalue weighted by Gasteiger charge is 2.12. The van der Waals surface area contributed by atoms with Gasteiger partial charge in [0.05, 0.1) is 0 Å². The second kappa shape index (κ2) is 6.47. The fraction of sp³-hybridized carbons (Fsp3) is 0.429. The molecule has 2 aromatic carbocycles. The molecule has 0 heterocycles. The van der Waals surface area contributed by atoms with Crippen LogP contribution >= 0.6 is 0 Å². The van der Waals surface area contributed by atoms with E-state index in [9.17, 15) is 0 Å². The molecule has 0 saturated heterocycles. The molecule has 0 fully saturated rings. The summed E-state index contributed by atoms with van der Waals surface area (Å²) in [5.74, 6) is 1.70. The van der Waals surface area contributed by atoms with Crippen molar-refractivity contribution in [2.75, 3.05) is 0 Å². The molecule has 0 nitrogen and oxygen atoms in total. The molecule has 0 aromatic heterocycles. The summed E-state index contributed by atoms with van der Waals surface area (Å²) >= 11 is 0. The van der Waals surface area contributed by atoms with Crippen LogP contribution in [0.5, 0.6) is 0 Å². The summed E-state index contributed by atoms with van der Waals surface area (Å²) in [4.78, 5) is 0. The summed E-state index contributed by atoms with van der Waals surface area (Å²) in [5, 5.41) is 0. The monoisotopic (exact) mass is 280 g/mol. The zero-order chi connectivity index (χ0) is 15.6. The largest absolute Gasteiger partial charge is 0.0614 e. The average molecular weight is 280 g/mol. The van der Waals surface area contributed by atoms with Gasteiger partial charge in [0.2, 0.25) is 0 Å². The standard InChI is InChI=1S/C21H28/c1-14(2)17-8-7-9-19(12-17)20-11-10-18(15(3)4)13-21(20)16(5)6/h7-16H,1-6H3. The van der Waals surface area contributed by atoms with Crippen LogP contribution in [-0.4, -0.2) is 0 Å². The van der Waals surface area contributed by atoms with Crippen molar-refractivity contribution in [1.82, 2.24) is 0 Å². The van der Waals surface area contributed by atoms with E-state index in [2.05, 4.69) is 84.0 Å². The maximum absolute atomic E-state index is 2.40. The smallest absolute Gasteiger partial charge is 0.0149 e. The van der Waals surface area contributed by atoms with Gasteiger partial charge in [-0.05, 0) is 45.6 Å². The first-order valence-corrected chi connectivity index (χ1v) is 8.14. The molecule has 112 valence electrons. The van der Waals surface area contributed by atoms with Crippen molar-refractivity contribution in [1.29, 1.82) is 0 Å². The molecule has 21 heavy (non-hydrogen) atoms.